The Bertz CT molecular complexity index is 1130. The van der Waals surface area contributed by atoms with Crippen molar-refractivity contribution in [2.24, 2.45) is 0 Å². The zero-order valence-corrected chi connectivity index (χ0v) is 16.2. The number of phenolic OH excluding ortho intramolecular Hbond substituents is 1. The fourth-order valence-electron chi connectivity index (χ4n) is 3.76. The van der Waals surface area contributed by atoms with Gasteiger partial charge >= 0.3 is 6.18 Å². The van der Waals surface area contributed by atoms with Crippen LogP contribution in [0.5, 0.6) is 5.75 Å². The summed E-state index contributed by atoms with van der Waals surface area (Å²) in [4.78, 5) is 14.0. The van der Waals surface area contributed by atoms with Crippen molar-refractivity contribution in [2.45, 2.75) is 38.4 Å². The third-order valence-corrected chi connectivity index (χ3v) is 5.76. The van der Waals surface area contributed by atoms with E-state index in [0.717, 1.165) is 10.5 Å². The van der Waals surface area contributed by atoms with Gasteiger partial charge in [-0.25, -0.2) is 15.0 Å². The van der Waals surface area contributed by atoms with Crippen LogP contribution in [0.1, 0.15) is 24.0 Å². The minimum absolute atomic E-state index is 0.00695. The molecule has 1 aliphatic rings. The first-order valence-electron chi connectivity index (χ1n) is 9.08. The van der Waals surface area contributed by atoms with E-state index >= 15 is 0 Å². The first kappa shape index (κ1) is 19.2. The number of nitrogens with zero attached hydrogens (tertiary/aromatic N) is 4. The number of benzene rings is 1. The van der Waals surface area contributed by atoms with Gasteiger partial charge < -0.3 is 15.7 Å². The van der Waals surface area contributed by atoms with E-state index < -0.39 is 11.7 Å². The number of rotatable bonds is 3. The van der Waals surface area contributed by atoms with Crippen molar-refractivity contribution in [1.82, 2.24) is 15.0 Å². The van der Waals surface area contributed by atoms with E-state index in [0.29, 0.717) is 27.7 Å². The molecule has 0 radical (unpaired) electrons. The molecule has 4 rings (SSSR count). The van der Waals surface area contributed by atoms with Crippen LogP contribution in [0, 0.1) is 13.8 Å². The van der Waals surface area contributed by atoms with E-state index in [-0.39, 0.29) is 30.2 Å². The van der Waals surface area contributed by atoms with Crippen LogP contribution in [0.2, 0.25) is 0 Å². The Kier molecular flexibility index (Phi) is 4.11. The molecule has 0 saturated heterocycles. The van der Waals surface area contributed by atoms with E-state index in [4.69, 9.17) is 5.73 Å². The maximum atomic E-state index is 13.7. The number of aromatic nitrogens is 3. The molecule has 0 aliphatic heterocycles. The number of halogens is 3. The first-order valence-corrected chi connectivity index (χ1v) is 9.08. The largest absolute Gasteiger partial charge is 0.508 e. The molecule has 1 saturated carbocycles. The number of pyridine rings is 1. The summed E-state index contributed by atoms with van der Waals surface area (Å²) < 4.78 is 41.0. The molecule has 1 aromatic carbocycles. The van der Waals surface area contributed by atoms with Gasteiger partial charge in [0.2, 0.25) is 0 Å². The molecule has 0 bridgehead atoms. The lowest BCUT2D eigenvalue weighted by Gasteiger charge is -2.31. The predicted molar refractivity (Wildman–Crippen MR) is 105 cm³/mol. The summed E-state index contributed by atoms with van der Waals surface area (Å²) in [6, 6.07) is 4.79. The van der Waals surface area contributed by atoms with Crippen molar-refractivity contribution in [3.05, 3.63) is 35.7 Å². The summed E-state index contributed by atoms with van der Waals surface area (Å²) in [5.74, 6) is 0.349. The zero-order valence-electron chi connectivity index (χ0n) is 16.2. The van der Waals surface area contributed by atoms with Gasteiger partial charge in [0.1, 0.15) is 34.8 Å². The Morgan fingerprint density at radius 2 is 1.86 bits per heavy atom. The van der Waals surface area contributed by atoms with Crippen molar-refractivity contribution in [2.75, 3.05) is 17.7 Å². The van der Waals surface area contributed by atoms with Gasteiger partial charge in [0.15, 0.2) is 0 Å². The van der Waals surface area contributed by atoms with Gasteiger partial charge in [-0.1, -0.05) is 6.07 Å². The quantitative estimate of drug-likeness (QED) is 0.684. The van der Waals surface area contributed by atoms with E-state index in [1.54, 1.807) is 19.1 Å². The van der Waals surface area contributed by atoms with E-state index in [9.17, 15) is 18.3 Å². The lowest BCUT2D eigenvalue weighted by atomic mass is 9.97. The number of phenols is 1. The lowest BCUT2D eigenvalue weighted by Crippen LogP contribution is -2.46. The number of alkyl halides is 3. The molecule has 0 amide bonds. The number of nitrogen functional groups attached to an aromatic ring is 1. The number of hydrogen-bond donors (Lipinski definition) is 2. The number of nitrogens with two attached hydrogens (primary N) is 1. The average Bonchev–Trinajstić information content (AvgIpc) is 3.47. The highest BCUT2D eigenvalue weighted by atomic mass is 19.4. The third-order valence-electron chi connectivity index (χ3n) is 5.76. The van der Waals surface area contributed by atoms with Crippen molar-refractivity contribution < 1.29 is 18.3 Å². The number of anilines is 2. The molecule has 0 spiro atoms. The normalized spacial score (nSPS) is 15.5. The Labute approximate surface area is 165 Å². The first-order chi connectivity index (χ1) is 13.6. The van der Waals surface area contributed by atoms with Crippen LogP contribution in [0.15, 0.2) is 24.5 Å². The number of aryl methyl sites for hydroxylation is 1. The minimum atomic E-state index is -4.38. The third kappa shape index (κ3) is 2.83. The maximum Gasteiger partial charge on any atom is 0.411 e. The van der Waals surface area contributed by atoms with Crippen molar-refractivity contribution in [3.8, 4) is 17.0 Å². The topological polar surface area (TPSA) is 88.2 Å². The Balaban J connectivity index is 2.02. The number of aromatic hydroxyl groups is 1. The molecule has 152 valence electrons. The fraction of sp³-hybridized carbons (Fsp3) is 0.350. The summed E-state index contributed by atoms with van der Waals surface area (Å²) in [5, 5.41) is 10.6. The fourth-order valence-corrected chi connectivity index (χ4v) is 3.76. The highest BCUT2D eigenvalue weighted by Crippen LogP contribution is 2.54. The second-order valence-electron chi connectivity index (χ2n) is 7.47. The second-order valence-corrected chi connectivity index (χ2v) is 7.47. The molecule has 0 unspecified atom stereocenters. The molecule has 9 heteroatoms. The second kappa shape index (κ2) is 6.20. The van der Waals surface area contributed by atoms with Crippen molar-refractivity contribution in [1.29, 1.82) is 0 Å². The van der Waals surface area contributed by atoms with Crippen LogP contribution in [-0.2, 0) is 0 Å². The van der Waals surface area contributed by atoms with Gasteiger partial charge in [-0.3, -0.25) is 0 Å². The standard InChI is InChI=1S/C20H20F3N5O/c1-10-4-5-13(29)11(2)15(10)17-16-12(18(24)26-9-25-16)8-14(27-17)28(3)19(6-7-19)20(21,22)23/h4-5,8-9,29H,6-7H2,1-3H3,(H2,24,25,26). The SMILES string of the molecule is Cc1ccc(O)c(C)c1-c1nc(N(C)C2(C(F)(F)F)CC2)cc2c(N)ncnc12. The number of fused-ring (bicyclic) bond motifs is 1. The number of hydrogen-bond acceptors (Lipinski definition) is 6. The Morgan fingerprint density at radius 3 is 2.48 bits per heavy atom. The zero-order chi connectivity index (χ0) is 21.1. The van der Waals surface area contributed by atoms with Crippen LogP contribution in [0.25, 0.3) is 22.2 Å². The molecule has 29 heavy (non-hydrogen) atoms. The molecule has 1 aliphatic carbocycles. The van der Waals surface area contributed by atoms with Gasteiger partial charge in [0, 0.05) is 23.6 Å². The van der Waals surface area contributed by atoms with Gasteiger partial charge in [-0.05, 0) is 44.4 Å². The monoisotopic (exact) mass is 403 g/mol. The van der Waals surface area contributed by atoms with Crippen LogP contribution in [0.4, 0.5) is 24.8 Å². The average molecular weight is 403 g/mol. The van der Waals surface area contributed by atoms with Crippen LogP contribution in [0.3, 0.4) is 0 Å². The Morgan fingerprint density at radius 1 is 1.17 bits per heavy atom. The molecule has 2 heterocycles. The van der Waals surface area contributed by atoms with Crippen LogP contribution < -0.4 is 10.6 Å². The molecular formula is C20H20F3N5O. The molecule has 6 nitrogen and oxygen atoms in total. The van der Waals surface area contributed by atoms with Crippen molar-refractivity contribution >= 4 is 22.5 Å². The smallest absolute Gasteiger partial charge is 0.411 e. The minimum Gasteiger partial charge on any atom is -0.508 e. The summed E-state index contributed by atoms with van der Waals surface area (Å²) in [7, 11) is 1.39. The van der Waals surface area contributed by atoms with Gasteiger partial charge in [0.25, 0.3) is 0 Å². The Hall–Kier alpha value is -3.10. The molecule has 0 atom stereocenters. The molecule has 3 N–H and O–H groups in total. The van der Waals surface area contributed by atoms with Gasteiger partial charge in [-0.2, -0.15) is 13.2 Å². The maximum absolute atomic E-state index is 13.7. The van der Waals surface area contributed by atoms with Crippen LogP contribution >= 0.6 is 0 Å². The summed E-state index contributed by atoms with van der Waals surface area (Å²) >= 11 is 0. The molecule has 1 fully saturated rings. The van der Waals surface area contributed by atoms with E-state index in [1.165, 1.54) is 19.4 Å². The molecular weight excluding hydrogens is 383 g/mol. The highest BCUT2D eigenvalue weighted by Gasteiger charge is 2.66. The van der Waals surface area contributed by atoms with Gasteiger partial charge in [0.05, 0.1) is 5.69 Å². The van der Waals surface area contributed by atoms with E-state index in [1.807, 2.05) is 6.92 Å². The van der Waals surface area contributed by atoms with Gasteiger partial charge in [-0.15, -0.1) is 0 Å². The lowest BCUT2D eigenvalue weighted by molar-refractivity contribution is -0.157. The van der Waals surface area contributed by atoms with E-state index in [2.05, 4.69) is 15.0 Å². The molecule has 2 aromatic heterocycles. The summed E-state index contributed by atoms with van der Waals surface area (Å²) in [6.07, 6.45) is -3.08. The summed E-state index contributed by atoms with van der Waals surface area (Å²) in [5.41, 5.74) is 6.85. The van der Waals surface area contributed by atoms with Crippen molar-refractivity contribution in [3.63, 3.8) is 0 Å². The predicted octanol–water partition coefficient (Wildman–Crippen LogP) is 4.13. The molecule has 3 aromatic rings. The van der Waals surface area contributed by atoms with Crippen LogP contribution in [-0.4, -0.2) is 38.8 Å². The highest BCUT2D eigenvalue weighted by molar-refractivity contribution is 5.99. The summed E-state index contributed by atoms with van der Waals surface area (Å²) in [6.45, 7) is 3.57.